The van der Waals surface area contributed by atoms with Crippen LogP contribution in [0.5, 0.6) is 5.75 Å². The average Bonchev–Trinajstić information content (AvgIpc) is 3.37. The van der Waals surface area contributed by atoms with Crippen molar-refractivity contribution in [3.8, 4) is 5.75 Å². The monoisotopic (exact) mass is 437 g/mol. The number of benzene rings is 2. The second-order valence-electron chi connectivity index (χ2n) is 8.10. The second kappa shape index (κ2) is 10.8. The molecule has 0 unspecified atom stereocenters. The lowest BCUT2D eigenvalue weighted by Gasteiger charge is -2.28. The van der Waals surface area contributed by atoms with Crippen LogP contribution in [0.25, 0.3) is 0 Å². The van der Waals surface area contributed by atoms with Gasteiger partial charge in [0.05, 0.1) is 18.4 Å². The molecule has 1 fully saturated rings. The minimum Gasteiger partial charge on any atom is -0.497 e. The van der Waals surface area contributed by atoms with Crippen LogP contribution in [0.1, 0.15) is 53.8 Å². The lowest BCUT2D eigenvalue weighted by Crippen LogP contribution is -2.51. The smallest absolute Gasteiger partial charge is 0.255 e. The maximum Gasteiger partial charge on any atom is 0.255 e. The summed E-state index contributed by atoms with van der Waals surface area (Å²) in [5, 5.41) is 5.74. The third-order valence-electron chi connectivity index (χ3n) is 5.96. The molecular formula is C25H31N3O4. The number of para-hydroxylation sites is 1. The van der Waals surface area contributed by atoms with E-state index in [1.165, 1.54) is 0 Å². The van der Waals surface area contributed by atoms with E-state index >= 15 is 0 Å². The van der Waals surface area contributed by atoms with Crippen molar-refractivity contribution in [2.75, 3.05) is 25.5 Å². The quantitative estimate of drug-likeness (QED) is 0.659. The van der Waals surface area contributed by atoms with Gasteiger partial charge in [-0.2, -0.15) is 0 Å². The van der Waals surface area contributed by atoms with Gasteiger partial charge >= 0.3 is 0 Å². The highest BCUT2D eigenvalue weighted by Gasteiger charge is 2.32. The zero-order chi connectivity index (χ0) is 23.1. The summed E-state index contributed by atoms with van der Waals surface area (Å²) in [7, 11) is 1.56. The number of anilines is 1. The number of nitrogens with one attached hydrogen (secondary N) is 2. The predicted octanol–water partition coefficient (Wildman–Crippen LogP) is 3.71. The Balaban J connectivity index is 1.77. The van der Waals surface area contributed by atoms with Crippen molar-refractivity contribution in [1.29, 1.82) is 0 Å². The Labute approximate surface area is 189 Å². The number of carbonyl (C=O) groups excluding carboxylic acids is 3. The molecule has 2 atom stereocenters. The Morgan fingerprint density at radius 3 is 2.28 bits per heavy atom. The summed E-state index contributed by atoms with van der Waals surface area (Å²) >= 11 is 0. The standard InChI is InChI=1S/C25H31N3O4/c1-4-17(2)22(25(31)28-15-7-8-16-28)27-24(30)20-9-5-6-10-21(20)26-23(29)18-11-13-19(32-3)14-12-18/h5-6,9-14,17,22H,4,7-8,15-16H2,1-3H3,(H,26,29)(H,27,30)/t17-,22-/m0/s1. The van der Waals surface area contributed by atoms with Gasteiger partial charge < -0.3 is 20.3 Å². The number of carbonyl (C=O) groups is 3. The summed E-state index contributed by atoms with van der Waals surface area (Å²) < 4.78 is 5.12. The lowest BCUT2D eigenvalue weighted by molar-refractivity contribution is -0.133. The van der Waals surface area contributed by atoms with E-state index in [1.807, 2.05) is 18.7 Å². The SMILES string of the molecule is CC[C@H](C)[C@H](NC(=O)c1ccccc1NC(=O)c1ccc(OC)cc1)C(=O)N1CCCC1. The summed E-state index contributed by atoms with van der Waals surface area (Å²) in [6, 6.07) is 12.9. The van der Waals surface area contributed by atoms with Crippen LogP contribution in [-0.4, -0.2) is 48.9 Å². The molecule has 1 aliphatic rings. The molecule has 0 aromatic heterocycles. The zero-order valence-corrected chi connectivity index (χ0v) is 18.9. The molecule has 0 bridgehead atoms. The van der Waals surface area contributed by atoms with E-state index in [1.54, 1.807) is 55.6 Å². The number of likely N-dealkylation sites (tertiary alicyclic amines) is 1. The number of hydrogen-bond acceptors (Lipinski definition) is 4. The summed E-state index contributed by atoms with van der Waals surface area (Å²) in [6.07, 6.45) is 2.75. The van der Waals surface area contributed by atoms with E-state index in [9.17, 15) is 14.4 Å². The molecule has 0 aliphatic carbocycles. The van der Waals surface area contributed by atoms with Gasteiger partial charge in [-0.3, -0.25) is 14.4 Å². The van der Waals surface area contributed by atoms with Crippen molar-refractivity contribution in [1.82, 2.24) is 10.2 Å². The first-order valence-corrected chi connectivity index (χ1v) is 11.1. The Bertz CT molecular complexity index is 952. The summed E-state index contributed by atoms with van der Waals surface area (Å²) in [5.74, 6) is -0.105. The van der Waals surface area contributed by atoms with Crippen molar-refractivity contribution in [3.05, 3.63) is 59.7 Å². The van der Waals surface area contributed by atoms with E-state index in [-0.39, 0.29) is 23.6 Å². The molecule has 2 aromatic rings. The highest BCUT2D eigenvalue weighted by atomic mass is 16.5. The average molecular weight is 438 g/mol. The lowest BCUT2D eigenvalue weighted by atomic mass is 9.97. The molecule has 1 saturated heterocycles. The number of nitrogens with zero attached hydrogens (tertiary/aromatic N) is 1. The second-order valence-corrected chi connectivity index (χ2v) is 8.10. The van der Waals surface area contributed by atoms with Gasteiger partial charge in [0.15, 0.2) is 0 Å². The molecule has 0 radical (unpaired) electrons. The Kier molecular flexibility index (Phi) is 7.87. The van der Waals surface area contributed by atoms with Crippen molar-refractivity contribution >= 4 is 23.4 Å². The molecule has 1 aliphatic heterocycles. The molecule has 1 heterocycles. The molecule has 170 valence electrons. The van der Waals surface area contributed by atoms with Crippen LogP contribution in [0, 0.1) is 5.92 Å². The molecular weight excluding hydrogens is 406 g/mol. The Hall–Kier alpha value is -3.35. The van der Waals surface area contributed by atoms with Gasteiger partial charge in [0.1, 0.15) is 11.8 Å². The topological polar surface area (TPSA) is 87.7 Å². The Morgan fingerprint density at radius 2 is 1.66 bits per heavy atom. The fraction of sp³-hybridized carbons (Fsp3) is 0.400. The van der Waals surface area contributed by atoms with Crippen molar-refractivity contribution in [2.24, 2.45) is 5.92 Å². The Morgan fingerprint density at radius 1 is 1.00 bits per heavy atom. The fourth-order valence-corrected chi connectivity index (χ4v) is 3.76. The molecule has 3 amide bonds. The minimum absolute atomic E-state index is 0.00639. The molecule has 32 heavy (non-hydrogen) atoms. The summed E-state index contributed by atoms with van der Waals surface area (Å²) in [5.41, 5.74) is 1.15. The van der Waals surface area contributed by atoms with Gasteiger partial charge in [0, 0.05) is 18.7 Å². The van der Waals surface area contributed by atoms with Crippen LogP contribution in [0.15, 0.2) is 48.5 Å². The number of methoxy groups -OCH3 is 1. The molecule has 2 aromatic carbocycles. The first kappa shape index (κ1) is 23.3. The fourth-order valence-electron chi connectivity index (χ4n) is 3.76. The van der Waals surface area contributed by atoms with Crippen LogP contribution in [0.2, 0.25) is 0 Å². The molecule has 7 heteroatoms. The van der Waals surface area contributed by atoms with Crippen LogP contribution >= 0.6 is 0 Å². The third-order valence-corrected chi connectivity index (χ3v) is 5.96. The van der Waals surface area contributed by atoms with Gasteiger partial charge in [0.25, 0.3) is 11.8 Å². The summed E-state index contributed by atoms with van der Waals surface area (Å²) in [4.78, 5) is 40.7. The maximum atomic E-state index is 13.2. The molecule has 0 saturated carbocycles. The third kappa shape index (κ3) is 5.46. The van der Waals surface area contributed by atoms with Crippen LogP contribution in [0.4, 0.5) is 5.69 Å². The van der Waals surface area contributed by atoms with Crippen LogP contribution in [-0.2, 0) is 4.79 Å². The van der Waals surface area contributed by atoms with Crippen molar-refractivity contribution < 1.29 is 19.1 Å². The summed E-state index contributed by atoms with van der Waals surface area (Å²) in [6.45, 7) is 5.44. The largest absolute Gasteiger partial charge is 0.497 e. The van der Waals surface area contributed by atoms with Crippen molar-refractivity contribution in [3.63, 3.8) is 0 Å². The van der Waals surface area contributed by atoms with E-state index in [2.05, 4.69) is 10.6 Å². The molecule has 2 N–H and O–H groups in total. The number of rotatable bonds is 8. The van der Waals surface area contributed by atoms with Gasteiger partial charge in [-0.15, -0.1) is 0 Å². The first-order valence-electron chi connectivity index (χ1n) is 11.1. The molecule has 3 rings (SSSR count). The maximum absolute atomic E-state index is 13.2. The number of hydrogen-bond donors (Lipinski definition) is 2. The van der Waals surface area contributed by atoms with Gasteiger partial charge in [-0.05, 0) is 55.2 Å². The number of amides is 3. The van der Waals surface area contributed by atoms with E-state index in [0.717, 1.165) is 32.4 Å². The van der Waals surface area contributed by atoms with Gasteiger partial charge in [-0.1, -0.05) is 32.4 Å². The van der Waals surface area contributed by atoms with Crippen molar-refractivity contribution in [2.45, 2.75) is 39.2 Å². The first-order chi connectivity index (χ1) is 15.4. The highest BCUT2D eigenvalue weighted by molar-refractivity contribution is 6.09. The van der Waals surface area contributed by atoms with Crippen LogP contribution in [0.3, 0.4) is 0 Å². The minimum atomic E-state index is -0.601. The molecule has 7 nitrogen and oxygen atoms in total. The van der Waals surface area contributed by atoms with E-state index in [4.69, 9.17) is 4.74 Å². The number of ether oxygens (including phenoxy) is 1. The highest BCUT2D eigenvalue weighted by Crippen LogP contribution is 2.20. The van der Waals surface area contributed by atoms with E-state index < -0.39 is 6.04 Å². The van der Waals surface area contributed by atoms with Gasteiger partial charge in [0.2, 0.25) is 5.91 Å². The zero-order valence-electron chi connectivity index (χ0n) is 18.9. The normalized spacial score (nSPS) is 15.0. The van der Waals surface area contributed by atoms with Gasteiger partial charge in [-0.25, -0.2) is 0 Å². The van der Waals surface area contributed by atoms with E-state index in [0.29, 0.717) is 22.6 Å². The predicted molar refractivity (Wildman–Crippen MR) is 124 cm³/mol. The molecule has 0 spiro atoms. The van der Waals surface area contributed by atoms with Crippen LogP contribution < -0.4 is 15.4 Å².